The second kappa shape index (κ2) is 40.8. The summed E-state index contributed by atoms with van der Waals surface area (Å²) in [7, 11) is 9.93. The Labute approximate surface area is 382 Å². The third-order valence-electron chi connectivity index (χ3n) is 11.9. The third-order valence-corrected chi connectivity index (χ3v) is 11.9. The van der Waals surface area contributed by atoms with E-state index >= 15 is 0 Å². The van der Waals surface area contributed by atoms with Crippen molar-refractivity contribution in [3.8, 4) is 0 Å². The lowest BCUT2D eigenvalue weighted by Crippen LogP contribution is -2.67. The first-order chi connectivity index (χ1) is 29.8. The summed E-state index contributed by atoms with van der Waals surface area (Å²) in [5, 5.41) is 33.0. The quantitative estimate of drug-likeness (QED) is 0.0177. The summed E-state index contributed by atoms with van der Waals surface area (Å²) in [6.45, 7) is 8.27. The van der Waals surface area contributed by atoms with Crippen LogP contribution in [0.25, 0.3) is 0 Å². The molecule has 0 aliphatic heterocycles. The van der Waals surface area contributed by atoms with Crippen LogP contribution in [0.4, 0.5) is 0 Å². The second-order valence-corrected chi connectivity index (χ2v) is 18.3. The molecular formula is C50H97BN2O9. The van der Waals surface area contributed by atoms with Crippen molar-refractivity contribution < 1.29 is 43.9 Å². The van der Waals surface area contributed by atoms with Gasteiger partial charge >= 0.3 is 23.9 Å². The largest absolute Gasteiger partial charge is 0.466 e. The number of nitrogens with zero attached hydrogens (tertiary/aromatic N) is 2. The van der Waals surface area contributed by atoms with E-state index in [0.717, 1.165) is 89.9 Å². The van der Waals surface area contributed by atoms with E-state index in [9.17, 15) is 29.7 Å². The molecule has 0 amide bonds. The molecule has 11 nitrogen and oxygen atoms in total. The first kappa shape index (κ1) is 60.3. The number of carbonyl (C=O) groups excluding carboxylic acids is 3. The number of ether oxygens (including phenoxy) is 3. The van der Waals surface area contributed by atoms with Gasteiger partial charge in [-0.25, -0.2) is 0 Å². The topological polar surface area (TPSA) is 146 Å². The number of unbranched alkanes of at least 4 members (excludes halogenated alkanes) is 24. The van der Waals surface area contributed by atoms with Crippen LogP contribution in [-0.2, 0) is 28.6 Å². The molecule has 0 aromatic carbocycles. The van der Waals surface area contributed by atoms with Crippen LogP contribution < -0.4 is 0 Å². The van der Waals surface area contributed by atoms with E-state index in [1.165, 1.54) is 101 Å². The number of hydrogen-bond donors (Lipinski definition) is 3. The van der Waals surface area contributed by atoms with E-state index < -0.39 is 17.6 Å². The number of carbonyl (C=O) groups is 3. The van der Waals surface area contributed by atoms with E-state index in [2.05, 4.69) is 20.8 Å². The van der Waals surface area contributed by atoms with Gasteiger partial charge in [-0.15, -0.1) is 0 Å². The van der Waals surface area contributed by atoms with Crippen LogP contribution in [0.3, 0.4) is 0 Å². The molecule has 0 aliphatic rings. The molecule has 0 aromatic rings. The molecule has 3 N–H and O–H groups in total. The minimum Gasteiger partial charge on any atom is -0.466 e. The van der Waals surface area contributed by atoms with Crippen molar-refractivity contribution >= 4 is 25.8 Å². The number of hydrogen-bond acceptors (Lipinski definition) is 11. The van der Waals surface area contributed by atoms with E-state index in [0.29, 0.717) is 45.3 Å². The average Bonchev–Trinajstić information content (AvgIpc) is 3.22. The van der Waals surface area contributed by atoms with Crippen molar-refractivity contribution in [1.82, 2.24) is 9.80 Å². The molecule has 2 radical (unpaired) electrons. The van der Waals surface area contributed by atoms with Crippen molar-refractivity contribution in [2.24, 2.45) is 0 Å². The molecule has 0 spiro atoms. The Morgan fingerprint density at radius 1 is 0.484 bits per heavy atom. The van der Waals surface area contributed by atoms with Gasteiger partial charge in [0.15, 0.2) is 5.62 Å². The molecular weight excluding hydrogens is 783 g/mol. The predicted molar refractivity (Wildman–Crippen MR) is 254 cm³/mol. The van der Waals surface area contributed by atoms with Crippen LogP contribution in [0.2, 0.25) is 0 Å². The zero-order valence-electron chi connectivity index (χ0n) is 40.9. The highest BCUT2D eigenvalue weighted by atomic mass is 16.8. The Bertz CT molecular complexity index is 1050. The standard InChI is InChI=1S/C50H97BN2O9/c1-6-9-12-15-18-27-34-44-60-46(54)38-30-23-19-25-32-42-53(49(51,57)50(58,59)62-48(56)40-35-41-52(4)5)43-33-26-20-24-31-39-47(55)61-45(36-28-21-16-13-10-7-2)37-29-22-17-14-11-8-3/h45,57-59H,6-44H2,1-5H3. The molecule has 0 saturated carbocycles. The molecule has 0 heterocycles. The second-order valence-electron chi connectivity index (χ2n) is 18.3. The van der Waals surface area contributed by atoms with Gasteiger partial charge in [-0.2, -0.15) is 0 Å². The van der Waals surface area contributed by atoms with E-state index in [1.807, 2.05) is 19.0 Å². The summed E-state index contributed by atoms with van der Waals surface area (Å²) in [5.74, 6) is -4.44. The molecule has 0 fully saturated rings. The monoisotopic (exact) mass is 881 g/mol. The smallest absolute Gasteiger partial charge is 0.359 e. The van der Waals surface area contributed by atoms with Crippen molar-refractivity contribution in [3.05, 3.63) is 0 Å². The molecule has 364 valence electrons. The molecule has 1 unspecified atom stereocenters. The zero-order chi connectivity index (χ0) is 46.2. The normalized spacial score (nSPS) is 13.0. The molecule has 0 rings (SSSR count). The van der Waals surface area contributed by atoms with Gasteiger partial charge < -0.3 is 34.4 Å². The highest BCUT2D eigenvalue weighted by Gasteiger charge is 2.51. The van der Waals surface area contributed by atoms with E-state index in [1.54, 1.807) is 0 Å². The van der Waals surface area contributed by atoms with Gasteiger partial charge in [0.25, 0.3) is 0 Å². The first-order valence-electron chi connectivity index (χ1n) is 25.7. The summed E-state index contributed by atoms with van der Waals surface area (Å²) in [5.41, 5.74) is -2.74. The lowest BCUT2D eigenvalue weighted by molar-refractivity contribution is -0.397. The van der Waals surface area contributed by atoms with Gasteiger partial charge in [0.2, 0.25) is 0 Å². The lowest BCUT2D eigenvalue weighted by Gasteiger charge is -2.44. The lowest BCUT2D eigenvalue weighted by atomic mass is 9.85. The Morgan fingerprint density at radius 3 is 1.34 bits per heavy atom. The molecule has 0 aromatic heterocycles. The highest BCUT2D eigenvalue weighted by Crippen LogP contribution is 2.26. The Hall–Kier alpha value is -1.73. The minimum absolute atomic E-state index is 0.0107. The van der Waals surface area contributed by atoms with Crippen LogP contribution in [-0.4, -0.2) is 109 Å². The van der Waals surface area contributed by atoms with Crippen LogP contribution in [0.1, 0.15) is 245 Å². The summed E-state index contributed by atoms with van der Waals surface area (Å²) < 4.78 is 16.4. The molecule has 0 bridgehead atoms. The van der Waals surface area contributed by atoms with Crippen molar-refractivity contribution in [3.63, 3.8) is 0 Å². The maximum atomic E-state index is 12.9. The number of esters is 3. The maximum Gasteiger partial charge on any atom is 0.359 e. The SMILES string of the molecule is [B]C(O)(N(CCCCCCCC(=O)OCCCCCCCCC)CCCCCCCC(=O)OC(CCCCCCCC)CCCCCCCC)C(O)(O)OC(=O)CCCN(C)C. The van der Waals surface area contributed by atoms with Gasteiger partial charge in [0.05, 0.1) is 6.61 Å². The maximum absolute atomic E-state index is 12.9. The van der Waals surface area contributed by atoms with Crippen LogP contribution in [0, 0.1) is 0 Å². The van der Waals surface area contributed by atoms with Crippen LogP contribution in [0.5, 0.6) is 0 Å². The van der Waals surface area contributed by atoms with E-state index in [4.69, 9.17) is 22.1 Å². The summed E-state index contributed by atoms with van der Waals surface area (Å²) in [6, 6.07) is 0. The molecule has 12 heteroatoms. The highest BCUT2D eigenvalue weighted by molar-refractivity contribution is 6.14. The van der Waals surface area contributed by atoms with Crippen molar-refractivity contribution in [2.75, 3.05) is 40.3 Å². The summed E-state index contributed by atoms with van der Waals surface area (Å²) in [6.07, 6.45) is 33.7. The number of aliphatic hydroxyl groups is 3. The zero-order valence-corrected chi connectivity index (χ0v) is 40.9. The molecule has 0 aliphatic carbocycles. The fraction of sp³-hybridized carbons (Fsp3) is 0.940. The Balaban J connectivity index is 4.91. The Kier molecular flexibility index (Phi) is 39.6. The molecule has 1 atom stereocenters. The van der Waals surface area contributed by atoms with Gasteiger partial charge in [-0.05, 0) is 84.8 Å². The predicted octanol–water partition coefficient (Wildman–Crippen LogP) is 11.0. The van der Waals surface area contributed by atoms with Crippen molar-refractivity contribution in [1.29, 1.82) is 0 Å². The van der Waals surface area contributed by atoms with Crippen LogP contribution in [0.15, 0.2) is 0 Å². The fourth-order valence-corrected chi connectivity index (χ4v) is 7.82. The summed E-state index contributed by atoms with van der Waals surface area (Å²) in [4.78, 5) is 40.8. The van der Waals surface area contributed by atoms with Crippen LogP contribution >= 0.6 is 0 Å². The minimum atomic E-state index is -3.32. The fourth-order valence-electron chi connectivity index (χ4n) is 7.82. The molecule has 0 saturated heterocycles. The van der Waals surface area contributed by atoms with Gasteiger partial charge in [0.1, 0.15) is 14.0 Å². The Morgan fingerprint density at radius 2 is 0.871 bits per heavy atom. The average molecular weight is 881 g/mol. The summed E-state index contributed by atoms with van der Waals surface area (Å²) >= 11 is 0. The van der Waals surface area contributed by atoms with Gasteiger partial charge in [-0.1, -0.05) is 162 Å². The third kappa shape index (κ3) is 34.7. The number of rotatable bonds is 46. The van der Waals surface area contributed by atoms with Gasteiger partial charge in [-0.3, -0.25) is 19.3 Å². The van der Waals surface area contributed by atoms with Crippen molar-refractivity contribution in [2.45, 2.75) is 263 Å². The van der Waals surface area contributed by atoms with E-state index in [-0.39, 0.29) is 37.6 Å². The molecule has 62 heavy (non-hydrogen) atoms. The first-order valence-corrected chi connectivity index (χ1v) is 25.7. The van der Waals surface area contributed by atoms with Gasteiger partial charge in [0, 0.05) is 32.4 Å².